The number of nitrogens with two attached hydrogens (primary N) is 1. The number of likely N-dealkylation sites (N-methyl/N-ethyl adjacent to an activating group) is 1. The van der Waals surface area contributed by atoms with Crippen molar-refractivity contribution >= 4 is 15.7 Å². The topological polar surface area (TPSA) is 75.9 Å². The first-order valence-corrected chi connectivity index (χ1v) is 8.49. The van der Waals surface area contributed by atoms with Crippen molar-refractivity contribution in [2.75, 3.05) is 39.5 Å². The fourth-order valence-corrected chi connectivity index (χ4v) is 4.15. The van der Waals surface area contributed by atoms with Crippen LogP contribution in [0.4, 0.5) is 5.69 Å². The first-order valence-electron chi connectivity index (χ1n) is 7.05. The molecule has 1 saturated heterocycles. The molecule has 2 rings (SSSR count). The van der Waals surface area contributed by atoms with Crippen LogP contribution in [0.3, 0.4) is 0 Å². The summed E-state index contributed by atoms with van der Waals surface area (Å²) in [7, 11) is 0.352. The van der Waals surface area contributed by atoms with Crippen LogP contribution in [0.25, 0.3) is 0 Å². The van der Waals surface area contributed by atoms with Gasteiger partial charge in [0.25, 0.3) is 0 Å². The molecule has 21 heavy (non-hydrogen) atoms. The Labute approximate surface area is 126 Å². The molecule has 0 spiro atoms. The summed E-state index contributed by atoms with van der Waals surface area (Å²) in [6.45, 7) is 3.25. The molecule has 1 aliphatic heterocycles. The monoisotopic (exact) mass is 313 g/mol. The van der Waals surface area contributed by atoms with Crippen molar-refractivity contribution in [1.82, 2.24) is 9.21 Å². The maximum absolute atomic E-state index is 12.8. The summed E-state index contributed by atoms with van der Waals surface area (Å²) >= 11 is 0. The molecule has 118 valence electrons. The number of sulfonamides is 1. The minimum absolute atomic E-state index is 0.156. The molecule has 0 aromatic heterocycles. The number of rotatable bonds is 5. The number of hydrogen-bond acceptors (Lipinski definition) is 5. The van der Waals surface area contributed by atoms with Gasteiger partial charge in [-0.3, -0.25) is 0 Å². The smallest absolute Gasteiger partial charge is 0.246 e. The number of nitrogen functional groups attached to an aromatic ring is 1. The molecular weight excluding hydrogens is 290 g/mol. The van der Waals surface area contributed by atoms with Gasteiger partial charge in [0.05, 0.1) is 6.61 Å². The van der Waals surface area contributed by atoms with E-state index in [1.54, 1.807) is 12.1 Å². The zero-order valence-corrected chi connectivity index (χ0v) is 13.6. The first kappa shape index (κ1) is 16.1. The van der Waals surface area contributed by atoms with Crippen molar-refractivity contribution in [1.29, 1.82) is 0 Å². The summed E-state index contributed by atoms with van der Waals surface area (Å²) in [4.78, 5) is 2.21. The summed E-state index contributed by atoms with van der Waals surface area (Å²) in [6.07, 6.45) is 0.832. The molecule has 1 aromatic rings. The zero-order chi connectivity index (χ0) is 15.6. The summed E-state index contributed by atoms with van der Waals surface area (Å²) in [6, 6.07) is 4.99. The third-order valence-electron chi connectivity index (χ3n) is 3.74. The van der Waals surface area contributed by atoms with E-state index < -0.39 is 10.0 Å². The van der Waals surface area contributed by atoms with Gasteiger partial charge >= 0.3 is 0 Å². The Balaban J connectivity index is 2.34. The molecule has 2 N–H and O–H groups in total. The molecule has 0 amide bonds. The van der Waals surface area contributed by atoms with E-state index in [0.717, 1.165) is 6.42 Å². The van der Waals surface area contributed by atoms with E-state index in [-0.39, 0.29) is 10.9 Å². The van der Waals surface area contributed by atoms with Crippen molar-refractivity contribution in [3.8, 4) is 5.75 Å². The van der Waals surface area contributed by atoms with Crippen LogP contribution in [0.1, 0.15) is 13.3 Å². The predicted molar refractivity (Wildman–Crippen MR) is 82.9 cm³/mol. The largest absolute Gasteiger partial charge is 0.492 e. The van der Waals surface area contributed by atoms with Crippen LogP contribution in [0.2, 0.25) is 0 Å². The van der Waals surface area contributed by atoms with E-state index in [1.807, 2.05) is 21.0 Å². The van der Waals surface area contributed by atoms with Crippen LogP contribution >= 0.6 is 0 Å². The van der Waals surface area contributed by atoms with E-state index in [2.05, 4.69) is 4.90 Å². The third kappa shape index (κ3) is 3.30. The predicted octanol–water partition coefficient (Wildman–Crippen LogP) is 0.992. The highest BCUT2D eigenvalue weighted by molar-refractivity contribution is 7.89. The Morgan fingerprint density at radius 1 is 1.43 bits per heavy atom. The molecule has 0 bridgehead atoms. The SMILES string of the molecule is CCOc1ccc(N)cc1S(=O)(=O)N1CCC(N(C)C)C1. The summed E-state index contributed by atoms with van der Waals surface area (Å²) in [5.74, 6) is 0.361. The lowest BCUT2D eigenvalue weighted by molar-refractivity contribution is 0.301. The zero-order valence-electron chi connectivity index (χ0n) is 12.7. The fraction of sp³-hybridized carbons (Fsp3) is 0.571. The van der Waals surface area contributed by atoms with Crippen LogP contribution < -0.4 is 10.5 Å². The quantitative estimate of drug-likeness (QED) is 0.821. The normalized spacial score (nSPS) is 20.1. The van der Waals surface area contributed by atoms with Gasteiger partial charge in [-0.25, -0.2) is 8.42 Å². The molecule has 1 aliphatic rings. The van der Waals surface area contributed by atoms with Gasteiger partial charge in [-0.15, -0.1) is 0 Å². The maximum Gasteiger partial charge on any atom is 0.246 e. The van der Waals surface area contributed by atoms with Gasteiger partial charge in [0.1, 0.15) is 10.6 Å². The number of nitrogens with zero attached hydrogens (tertiary/aromatic N) is 2. The number of hydrogen-bond donors (Lipinski definition) is 1. The standard InChI is InChI=1S/C14H23N3O3S/c1-4-20-13-6-5-11(15)9-14(13)21(18,19)17-8-7-12(10-17)16(2)3/h5-6,9,12H,4,7-8,10,15H2,1-3H3. The van der Waals surface area contributed by atoms with Crippen LogP contribution in [-0.4, -0.2) is 57.5 Å². The first-order chi connectivity index (χ1) is 9.86. The highest BCUT2D eigenvalue weighted by Crippen LogP contribution is 2.31. The minimum atomic E-state index is -3.58. The second-order valence-corrected chi connectivity index (χ2v) is 7.31. The van der Waals surface area contributed by atoms with Crippen molar-refractivity contribution in [3.05, 3.63) is 18.2 Å². The van der Waals surface area contributed by atoms with Gasteiger partial charge in [0.15, 0.2) is 0 Å². The van der Waals surface area contributed by atoms with Crippen LogP contribution in [0.15, 0.2) is 23.1 Å². The second-order valence-electron chi connectivity index (χ2n) is 5.41. The molecule has 1 atom stereocenters. The summed E-state index contributed by atoms with van der Waals surface area (Å²) < 4.78 is 32.6. The lowest BCUT2D eigenvalue weighted by Gasteiger charge is -2.21. The summed E-state index contributed by atoms with van der Waals surface area (Å²) in [5, 5.41) is 0. The number of benzene rings is 1. The van der Waals surface area contributed by atoms with E-state index in [9.17, 15) is 8.42 Å². The van der Waals surface area contributed by atoms with Gasteiger partial charge < -0.3 is 15.4 Å². The molecule has 1 fully saturated rings. The van der Waals surface area contributed by atoms with Crippen molar-refractivity contribution in [3.63, 3.8) is 0 Å². The molecular formula is C14H23N3O3S. The molecule has 0 aliphatic carbocycles. The minimum Gasteiger partial charge on any atom is -0.492 e. The molecule has 1 unspecified atom stereocenters. The van der Waals surface area contributed by atoms with Gasteiger partial charge in [0.2, 0.25) is 10.0 Å². The summed E-state index contributed by atoms with van der Waals surface area (Å²) in [5.41, 5.74) is 6.16. The number of ether oxygens (including phenoxy) is 1. The lowest BCUT2D eigenvalue weighted by Crippen LogP contribution is -2.34. The Kier molecular flexibility index (Phi) is 4.75. The van der Waals surface area contributed by atoms with Crippen LogP contribution in [-0.2, 0) is 10.0 Å². The molecule has 7 heteroatoms. The lowest BCUT2D eigenvalue weighted by atomic mass is 10.2. The Morgan fingerprint density at radius 2 is 2.14 bits per heavy atom. The molecule has 1 heterocycles. The Hall–Kier alpha value is -1.31. The van der Waals surface area contributed by atoms with Gasteiger partial charge in [-0.2, -0.15) is 4.31 Å². The Bertz CT molecular complexity index is 601. The average Bonchev–Trinajstić information content (AvgIpc) is 2.91. The van der Waals surface area contributed by atoms with E-state index in [0.29, 0.717) is 31.1 Å². The van der Waals surface area contributed by atoms with Crippen molar-refractivity contribution in [2.24, 2.45) is 0 Å². The van der Waals surface area contributed by atoms with Gasteiger partial charge in [-0.05, 0) is 45.6 Å². The van der Waals surface area contributed by atoms with Crippen molar-refractivity contribution < 1.29 is 13.2 Å². The third-order valence-corrected chi connectivity index (χ3v) is 5.63. The Morgan fingerprint density at radius 3 is 2.71 bits per heavy atom. The molecule has 0 radical (unpaired) electrons. The molecule has 6 nitrogen and oxygen atoms in total. The van der Waals surface area contributed by atoms with Crippen LogP contribution in [0.5, 0.6) is 5.75 Å². The van der Waals surface area contributed by atoms with E-state index >= 15 is 0 Å². The van der Waals surface area contributed by atoms with Gasteiger partial charge in [-0.1, -0.05) is 0 Å². The number of anilines is 1. The highest BCUT2D eigenvalue weighted by atomic mass is 32.2. The van der Waals surface area contributed by atoms with E-state index in [1.165, 1.54) is 10.4 Å². The van der Waals surface area contributed by atoms with E-state index in [4.69, 9.17) is 10.5 Å². The fourth-order valence-electron chi connectivity index (χ4n) is 2.49. The maximum atomic E-state index is 12.8. The molecule has 1 aromatic carbocycles. The highest BCUT2D eigenvalue weighted by Gasteiger charge is 2.35. The van der Waals surface area contributed by atoms with Crippen LogP contribution in [0, 0.1) is 0 Å². The van der Waals surface area contributed by atoms with Crippen molar-refractivity contribution in [2.45, 2.75) is 24.3 Å². The van der Waals surface area contributed by atoms with Gasteiger partial charge in [0, 0.05) is 24.8 Å². The average molecular weight is 313 g/mol. The second kappa shape index (κ2) is 6.21. The molecule has 0 saturated carbocycles.